The van der Waals surface area contributed by atoms with E-state index in [0.29, 0.717) is 6.16 Å². The molecule has 0 amide bonds. The highest BCUT2D eigenvalue weighted by Crippen LogP contribution is 2.46. The van der Waals surface area contributed by atoms with E-state index in [-0.39, 0.29) is 6.10 Å². The molecular weight excluding hydrogens is 195 g/mol. The van der Waals surface area contributed by atoms with Gasteiger partial charge in [-0.15, -0.1) is 0 Å². The second-order valence-electron chi connectivity index (χ2n) is 3.48. The van der Waals surface area contributed by atoms with Gasteiger partial charge in [0.1, 0.15) is 0 Å². The zero-order valence-corrected chi connectivity index (χ0v) is 9.83. The Morgan fingerprint density at radius 3 is 2.29 bits per heavy atom. The van der Waals surface area contributed by atoms with Gasteiger partial charge in [0.2, 0.25) is 7.37 Å². The Labute approximate surface area is 85.7 Å². The first-order valence-electron chi connectivity index (χ1n) is 4.91. The molecular formula is C11H17O2P. The third-order valence-corrected chi connectivity index (χ3v) is 4.63. The van der Waals surface area contributed by atoms with Crippen LogP contribution in [-0.2, 0) is 9.09 Å². The molecule has 0 N–H and O–H groups in total. The quantitative estimate of drug-likeness (QED) is 0.717. The first-order valence-corrected chi connectivity index (χ1v) is 6.72. The largest absolute Gasteiger partial charge is 0.323 e. The van der Waals surface area contributed by atoms with E-state index in [1.165, 1.54) is 0 Å². The Hall–Kier alpha value is -0.590. The van der Waals surface area contributed by atoms with E-state index in [2.05, 4.69) is 0 Å². The molecule has 0 fully saturated rings. The number of hydrogen-bond acceptors (Lipinski definition) is 2. The molecule has 0 aliphatic carbocycles. The molecule has 1 aromatic rings. The Morgan fingerprint density at radius 1 is 1.29 bits per heavy atom. The van der Waals surface area contributed by atoms with Crippen molar-refractivity contribution in [3.63, 3.8) is 0 Å². The van der Waals surface area contributed by atoms with Crippen LogP contribution in [0.3, 0.4) is 0 Å². The fourth-order valence-electron chi connectivity index (χ4n) is 1.31. The molecule has 1 atom stereocenters. The van der Waals surface area contributed by atoms with Crippen molar-refractivity contribution in [2.24, 2.45) is 0 Å². The number of hydrogen-bond donors (Lipinski definition) is 0. The van der Waals surface area contributed by atoms with Crippen LogP contribution in [0.15, 0.2) is 30.3 Å². The van der Waals surface area contributed by atoms with Crippen LogP contribution in [0.1, 0.15) is 20.8 Å². The minimum Gasteiger partial charge on any atom is -0.323 e. The van der Waals surface area contributed by atoms with Gasteiger partial charge in [-0.3, -0.25) is 4.57 Å². The van der Waals surface area contributed by atoms with Crippen LogP contribution in [0.5, 0.6) is 0 Å². The van der Waals surface area contributed by atoms with E-state index in [1.807, 2.05) is 51.1 Å². The Bertz CT molecular complexity index is 319. The molecule has 1 aromatic carbocycles. The average molecular weight is 212 g/mol. The zero-order valence-electron chi connectivity index (χ0n) is 8.93. The van der Waals surface area contributed by atoms with Gasteiger partial charge >= 0.3 is 0 Å². The van der Waals surface area contributed by atoms with Crippen molar-refractivity contribution in [3.05, 3.63) is 30.3 Å². The SMILES string of the molecule is CCP(=O)(OC(C)C)c1ccccc1. The van der Waals surface area contributed by atoms with E-state index in [9.17, 15) is 4.57 Å². The molecule has 0 saturated carbocycles. The van der Waals surface area contributed by atoms with Crippen LogP contribution in [0.25, 0.3) is 0 Å². The molecule has 0 spiro atoms. The molecule has 0 aliphatic heterocycles. The van der Waals surface area contributed by atoms with Gasteiger partial charge in [0, 0.05) is 11.5 Å². The summed E-state index contributed by atoms with van der Waals surface area (Å²) in [5.41, 5.74) is 0. The van der Waals surface area contributed by atoms with Gasteiger partial charge < -0.3 is 4.52 Å². The first kappa shape index (κ1) is 11.5. The van der Waals surface area contributed by atoms with Crippen LogP contribution in [-0.4, -0.2) is 12.3 Å². The van der Waals surface area contributed by atoms with Gasteiger partial charge in [-0.25, -0.2) is 0 Å². The molecule has 78 valence electrons. The lowest BCUT2D eigenvalue weighted by Gasteiger charge is -2.19. The lowest BCUT2D eigenvalue weighted by atomic mass is 10.4. The van der Waals surface area contributed by atoms with Gasteiger partial charge in [0.15, 0.2) is 0 Å². The maximum atomic E-state index is 12.4. The third kappa shape index (κ3) is 2.70. The monoisotopic (exact) mass is 212 g/mol. The van der Waals surface area contributed by atoms with Gasteiger partial charge in [-0.05, 0) is 26.0 Å². The summed E-state index contributed by atoms with van der Waals surface area (Å²) in [7, 11) is -2.61. The normalized spacial score (nSPS) is 15.4. The molecule has 14 heavy (non-hydrogen) atoms. The zero-order chi connectivity index (χ0) is 10.6. The van der Waals surface area contributed by atoms with E-state index >= 15 is 0 Å². The summed E-state index contributed by atoms with van der Waals surface area (Å²) in [4.78, 5) is 0. The molecule has 1 unspecified atom stereocenters. The van der Waals surface area contributed by atoms with E-state index in [1.54, 1.807) is 0 Å². The summed E-state index contributed by atoms with van der Waals surface area (Å²) < 4.78 is 17.9. The topological polar surface area (TPSA) is 26.3 Å². The summed E-state index contributed by atoms with van der Waals surface area (Å²) in [5.74, 6) is 0. The van der Waals surface area contributed by atoms with Crippen molar-refractivity contribution in [1.29, 1.82) is 0 Å². The molecule has 0 heterocycles. The Morgan fingerprint density at radius 2 is 1.86 bits per heavy atom. The van der Waals surface area contributed by atoms with Crippen molar-refractivity contribution >= 4 is 12.7 Å². The van der Waals surface area contributed by atoms with Crippen molar-refractivity contribution in [2.45, 2.75) is 26.9 Å². The highest BCUT2D eigenvalue weighted by molar-refractivity contribution is 7.66. The van der Waals surface area contributed by atoms with Gasteiger partial charge in [-0.1, -0.05) is 25.1 Å². The van der Waals surface area contributed by atoms with E-state index in [4.69, 9.17) is 4.52 Å². The molecule has 2 nitrogen and oxygen atoms in total. The lowest BCUT2D eigenvalue weighted by molar-refractivity contribution is 0.249. The maximum Gasteiger partial charge on any atom is 0.232 e. The van der Waals surface area contributed by atoms with Gasteiger partial charge in [0.05, 0.1) is 6.10 Å². The van der Waals surface area contributed by atoms with Crippen LogP contribution >= 0.6 is 7.37 Å². The summed E-state index contributed by atoms with van der Waals surface area (Å²) in [6, 6.07) is 9.43. The molecule has 1 rings (SSSR count). The molecule has 0 saturated heterocycles. The molecule has 3 heteroatoms. The predicted octanol–water partition coefficient (Wildman–Crippen LogP) is 3.03. The lowest BCUT2D eigenvalue weighted by Crippen LogP contribution is -2.12. The fraction of sp³-hybridized carbons (Fsp3) is 0.455. The van der Waals surface area contributed by atoms with Crippen LogP contribution in [0.2, 0.25) is 0 Å². The minimum absolute atomic E-state index is 0.000916. The van der Waals surface area contributed by atoms with E-state index < -0.39 is 7.37 Å². The number of benzene rings is 1. The van der Waals surface area contributed by atoms with Gasteiger partial charge in [-0.2, -0.15) is 0 Å². The summed E-state index contributed by atoms with van der Waals surface area (Å²) in [5, 5.41) is 0.816. The molecule has 0 aliphatic rings. The molecule has 0 radical (unpaired) electrons. The highest BCUT2D eigenvalue weighted by Gasteiger charge is 2.24. The van der Waals surface area contributed by atoms with Crippen LogP contribution < -0.4 is 5.30 Å². The van der Waals surface area contributed by atoms with Crippen molar-refractivity contribution in [2.75, 3.05) is 6.16 Å². The minimum atomic E-state index is -2.61. The van der Waals surface area contributed by atoms with Crippen LogP contribution in [0.4, 0.5) is 0 Å². The summed E-state index contributed by atoms with van der Waals surface area (Å²) >= 11 is 0. The van der Waals surface area contributed by atoms with Crippen molar-refractivity contribution < 1.29 is 9.09 Å². The molecule has 0 aromatic heterocycles. The summed E-state index contributed by atoms with van der Waals surface area (Å²) in [6.45, 7) is 5.71. The van der Waals surface area contributed by atoms with E-state index in [0.717, 1.165) is 5.30 Å². The predicted molar refractivity (Wildman–Crippen MR) is 60.4 cm³/mol. The Balaban J connectivity index is 2.97. The average Bonchev–Trinajstić information content (AvgIpc) is 2.18. The second kappa shape index (κ2) is 4.77. The highest BCUT2D eigenvalue weighted by atomic mass is 31.2. The Kier molecular flexibility index (Phi) is 3.91. The van der Waals surface area contributed by atoms with Crippen LogP contribution in [0, 0.1) is 0 Å². The second-order valence-corrected chi connectivity index (χ2v) is 6.19. The van der Waals surface area contributed by atoms with Crippen molar-refractivity contribution in [1.82, 2.24) is 0 Å². The summed E-state index contributed by atoms with van der Waals surface area (Å²) in [6.07, 6.45) is 0.552. The van der Waals surface area contributed by atoms with Crippen molar-refractivity contribution in [3.8, 4) is 0 Å². The number of rotatable bonds is 4. The molecule has 0 bridgehead atoms. The standard InChI is InChI=1S/C11H17O2P/c1-4-14(12,13-10(2)3)11-8-6-5-7-9-11/h5-10H,4H2,1-3H3. The smallest absolute Gasteiger partial charge is 0.232 e. The van der Waals surface area contributed by atoms with Gasteiger partial charge in [0.25, 0.3) is 0 Å². The maximum absolute atomic E-state index is 12.4. The fourth-order valence-corrected chi connectivity index (χ4v) is 3.26. The first-order chi connectivity index (χ1) is 6.58. The third-order valence-electron chi connectivity index (χ3n) is 1.95.